The largest absolute Gasteiger partial charge is 0.492 e. The third-order valence-corrected chi connectivity index (χ3v) is 3.52. The Bertz CT molecular complexity index is 550. The third-order valence-electron chi connectivity index (χ3n) is 2.59. The lowest BCUT2D eigenvalue weighted by atomic mass is 10.3. The molecule has 7 nitrogen and oxygen atoms in total. The Labute approximate surface area is 138 Å². The van der Waals surface area contributed by atoms with Crippen LogP contribution in [-0.4, -0.2) is 47.5 Å². The summed E-state index contributed by atoms with van der Waals surface area (Å²) >= 11 is 1.15. The average Bonchev–Trinajstić information content (AvgIpc) is 2.49. The van der Waals surface area contributed by atoms with Gasteiger partial charge in [-0.25, -0.2) is 0 Å². The molecule has 23 heavy (non-hydrogen) atoms. The van der Waals surface area contributed by atoms with Crippen LogP contribution in [0.3, 0.4) is 0 Å². The number of para-hydroxylation sites is 2. The van der Waals surface area contributed by atoms with Crippen LogP contribution >= 0.6 is 11.8 Å². The number of rotatable bonds is 10. The van der Waals surface area contributed by atoms with Crippen LogP contribution < -0.4 is 15.4 Å². The standard InChI is InChI=1S/C15H20N2O5S/c1-2-22-12-6-4-3-5-11(12)17-14(19)10-23-9-13(18)16-8-7-15(20)21/h3-6H,2,7-10H2,1H3,(H,16,18)(H,17,19)(H,20,21). The summed E-state index contributed by atoms with van der Waals surface area (Å²) < 4.78 is 5.41. The van der Waals surface area contributed by atoms with Gasteiger partial charge in [-0.05, 0) is 19.1 Å². The molecule has 0 heterocycles. The first kappa shape index (κ1) is 18.8. The maximum Gasteiger partial charge on any atom is 0.305 e. The van der Waals surface area contributed by atoms with Crippen LogP contribution in [0.4, 0.5) is 5.69 Å². The fourth-order valence-electron chi connectivity index (χ4n) is 1.63. The number of carboxylic acids is 1. The van der Waals surface area contributed by atoms with Gasteiger partial charge in [0.15, 0.2) is 0 Å². The Morgan fingerprint density at radius 3 is 2.57 bits per heavy atom. The SMILES string of the molecule is CCOc1ccccc1NC(=O)CSCC(=O)NCCC(=O)O. The van der Waals surface area contributed by atoms with Gasteiger partial charge >= 0.3 is 5.97 Å². The van der Waals surface area contributed by atoms with Crippen LogP contribution in [0.25, 0.3) is 0 Å². The molecule has 0 atom stereocenters. The van der Waals surface area contributed by atoms with E-state index in [-0.39, 0.29) is 36.3 Å². The highest BCUT2D eigenvalue weighted by molar-refractivity contribution is 8.00. The van der Waals surface area contributed by atoms with Crippen molar-refractivity contribution in [2.24, 2.45) is 0 Å². The second-order valence-corrected chi connectivity index (χ2v) is 5.45. The number of hydrogen-bond donors (Lipinski definition) is 3. The van der Waals surface area contributed by atoms with Crippen molar-refractivity contribution in [2.75, 3.05) is 30.0 Å². The van der Waals surface area contributed by atoms with E-state index in [2.05, 4.69) is 10.6 Å². The van der Waals surface area contributed by atoms with Gasteiger partial charge in [0.25, 0.3) is 0 Å². The minimum atomic E-state index is -0.967. The Morgan fingerprint density at radius 1 is 1.17 bits per heavy atom. The van der Waals surface area contributed by atoms with E-state index < -0.39 is 5.97 Å². The minimum Gasteiger partial charge on any atom is -0.492 e. The van der Waals surface area contributed by atoms with Gasteiger partial charge in [-0.3, -0.25) is 14.4 Å². The second-order valence-electron chi connectivity index (χ2n) is 4.46. The molecule has 1 aromatic rings. The third kappa shape index (κ3) is 8.10. The minimum absolute atomic E-state index is 0.0860. The van der Waals surface area contributed by atoms with Gasteiger partial charge in [0.05, 0.1) is 30.2 Å². The van der Waals surface area contributed by atoms with Crippen molar-refractivity contribution < 1.29 is 24.2 Å². The van der Waals surface area contributed by atoms with Gasteiger partial charge in [-0.1, -0.05) is 12.1 Å². The van der Waals surface area contributed by atoms with E-state index >= 15 is 0 Å². The van der Waals surface area contributed by atoms with Crippen LogP contribution in [0.15, 0.2) is 24.3 Å². The number of thioether (sulfide) groups is 1. The first-order valence-electron chi connectivity index (χ1n) is 7.10. The molecule has 3 N–H and O–H groups in total. The van der Waals surface area contributed by atoms with E-state index in [1.807, 2.05) is 13.0 Å². The van der Waals surface area contributed by atoms with Crippen molar-refractivity contribution in [3.05, 3.63) is 24.3 Å². The van der Waals surface area contributed by atoms with Crippen molar-refractivity contribution in [2.45, 2.75) is 13.3 Å². The van der Waals surface area contributed by atoms with Crippen LogP contribution in [0.1, 0.15) is 13.3 Å². The highest BCUT2D eigenvalue weighted by Crippen LogP contribution is 2.23. The van der Waals surface area contributed by atoms with E-state index in [0.717, 1.165) is 11.8 Å². The Hall–Kier alpha value is -2.22. The summed E-state index contributed by atoms with van der Waals surface area (Å²) in [4.78, 5) is 33.6. The van der Waals surface area contributed by atoms with Crippen LogP contribution in [-0.2, 0) is 14.4 Å². The summed E-state index contributed by atoms with van der Waals surface area (Å²) in [7, 11) is 0. The van der Waals surface area contributed by atoms with Gasteiger partial charge in [0.2, 0.25) is 11.8 Å². The molecule has 126 valence electrons. The quantitative estimate of drug-likeness (QED) is 0.594. The molecule has 1 aromatic carbocycles. The molecule has 0 spiro atoms. The number of carbonyl (C=O) groups excluding carboxylic acids is 2. The highest BCUT2D eigenvalue weighted by Gasteiger charge is 2.09. The number of hydrogen-bond acceptors (Lipinski definition) is 5. The molecule has 0 unspecified atom stereocenters. The molecule has 0 fully saturated rings. The van der Waals surface area contributed by atoms with Crippen molar-refractivity contribution in [3.63, 3.8) is 0 Å². The first-order chi connectivity index (χ1) is 11.0. The molecule has 1 rings (SSSR count). The van der Waals surface area contributed by atoms with Gasteiger partial charge < -0.3 is 20.5 Å². The molecule has 0 aromatic heterocycles. The van der Waals surface area contributed by atoms with Crippen molar-refractivity contribution in [1.82, 2.24) is 5.32 Å². The highest BCUT2D eigenvalue weighted by atomic mass is 32.2. The summed E-state index contributed by atoms with van der Waals surface area (Å²) in [5.41, 5.74) is 0.589. The zero-order valence-electron chi connectivity index (χ0n) is 12.8. The van der Waals surface area contributed by atoms with Crippen LogP contribution in [0.5, 0.6) is 5.75 Å². The summed E-state index contributed by atoms with van der Waals surface area (Å²) in [5, 5.41) is 13.7. The fourth-order valence-corrected chi connectivity index (χ4v) is 2.28. The number of carboxylic acid groups (broad SMARTS) is 1. The Balaban J connectivity index is 2.29. The molecular weight excluding hydrogens is 320 g/mol. The van der Waals surface area contributed by atoms with E-state index in [1.165, 1.54) is 0 Å². The Morgan fingerprint density at radius 2 is 1.87 bits per heavy atom. The smallest absolute Gasteiger partial charge is 0.305 e. The number of benzene rings is 1. The number of carbonyl (C=O) groups is 3. The van der Waals surface area contributed by atoms with E-state index in [1.54, 1.807) is 18.2 Å². The van der Waals surface area contributed by atoms with E-state index in [4.69, 9.17) is 9.84 Å². The lowest BCUT2D eigenvalue weighted by Crippen LogP contribution is -2.28. The van der Waals surface area contributed by atoms with Crippen LogP contribution in [0, 0.1) is 0 Å². The maximum atomic E-state index is 11.9. The topological polar surface area (TPSA) is 105 Å². The lowest BCUT2D eigenvalue weighted by molar-refractivity contribution is -0.136. The van der Waals surface area contributed by atoms with E-state index in [0.29, 0.717) is 18.0 Å². The molecule has 0 saturated carbocycles. The zero-order valence-corrected chi connectivity index (χ0v) is 13.6. The van der Waals surface area contributed by atoms with Gasteiger partial charge in [0, 0.05) is 6.54 Å². The number of aliphatic carboxylic acids is 1. The average molecular weight is 340 g/mol. The number of amides is 2. The van der Waals surface area contributed by atoms with Crippen molar-refractivity contribution >= 4 is 35.2 Å². The van der Waals surface area contributed by atoms with Gasteiger partial charge in [-0.2, -0.15) is 0 Å². The van der Waals surface area contributed by atoms with Crippen molar-refractivity contribution in [1.29, 1.82) is 0 Å². The first-order valence-corrected chi connectivity index (χ1v) is 8.26. The summed E-state index contributed by atoms with van der Waals surface area (Å²) in [6.07, 6.45) is -0.120. The molecule has 0 radical (unpaired) electrons. The van der Waals surface area contributed by atoms with E-state index in [9.17, 15) is 14.4 Å². The predicted molar refractivity (Wildman–Crippen MR) is 88.8 cm³/mol. The number of nitrogens with one attached hydrogen (secondary N) is 2. The molecule has 0 aliphatic heterocycles. The summed E-state index contributed by atoms with van der Waals surface area (Å²) in [5.74, 6) is -0.684. The summed E-state index contributed by atoms with van der Waals surface area (Å²) in [6.45, 7) is 2.44. The molecule has 8 heteroatoms. The molecule has 0 bridgehead atoms. The molecule has 0 aliphatic rings. The van der Waals surface area contributed by atoms with Crippen LogP contribution in [0.2, 0.25) is 0 Å². The normalized spacial score (nSPS) is 9.96. The van der Waals surface area contributed by atoms with Crippen molar-refractivity contribution in [3.8, 4) is 5.75 Å². The predicted octanol–water partition coefficient (Wildman–Crippen LogP) is 1.35. The maximum absolute atomic E-state index is 11.9. The molecule has 2 amide bonds. The zero-order chi connectivity index (χ0) is 17.1. The molecule has 0 aliphatic carbocycles. The van der Waals surface area contributed by atoms with Gasteiger partial charge in [0.1, 0.15) is 5.75 Å². The fraction of sp³-hybridized carbons (Fsp3) is 0.400. The molecular formula is C15H20N2O5S. The number of anilines is 1. The monoisotopic (exact) mass is 340 g/mol. The second kappa shape index (κ2) is 10.5. The number of ether oxygens (including phenoxy) is 1. The Kier molecular flexibility index (Phi) is 8.59. The summed E-state index contributed by atoms with van der Waals surface area (Å²) in [6, 6.07) is 7.12. The molecule has 0 saturated heterocycles. The van der Waals surface area contributed by atoms with Gasteiger partial charge in [-0.15, -0.1) is 11.8 Å². The lowest BCUT2D eigenvalue weighted by Gasteiger charge is -2.11.